The Labute approximate surface area is 252 Å². The van der Waals surface area contributed by atoms with Crippen molar-refractivity contribution in [1.29, 1.82) is 0 Å². The van der Waals surface area contributed by atoms with Crippen LogP contribution in [0.15, 0.2) is 72.8 Å². The van der Waals surface area contributed by atoms with E-state index in [1.807, 2.05) is 25.1 Å². The largest absolute Gasteiger partial charge is 0.457 e. The first-order valence-corrected chi connectivity index (χ1v) is 16.0. The summed E-state index contributed by atoms with van der Waals surface area (Å²) in [6.45, 7) is 3.84. The number of anilines is 1. The van der Waals surface area contributed by atoms with Crippen molar-refractivity contribution in [1.82, 2.24) is 10.2 Å². The molecule has 1 N–H and O–H groups in total. The van der Waals surface area contributed by atoms with Gasteiger partial charge in [-0.05, 0) is 66.9 Å². The van der Waals surface area contributed by atoms with E-state index in [0.717, 1.165) is 23.4 Å². The summed E-state index contributed by atoms with van der Waals surface area (Å²) in [7, 11) is -3.87. The maximum absolute atomic E-state index is 13.8. The third-order valence-electron chi connectivity index (χ3n) is 6.34. The minimum absolute atomic E-state index is 0.0386. The van der Waals surface area contributed by atoms with Crippen LogP contribution in [0.4, 0.5) is 5.69 Å². The Bertz CT molecular complexity index is 1420. The predicted octanol–water partition coefficient (Wildman–Crippen LogP) is 6.28. The van der Waals surface area contributed by atoms with E-state index in [4.69, 9.17) is 27.9 Å². The van der Waals surface area contributed by atoms with Gasteiger partial charge in [0.2, 0.25) is 21.8 Å². The molecule has 1 atom stereocenters. The molecule has 0 saturated carbocycles. The number of sulfonamides is 1. The van der Waals surface area contributed by atoms with E-state index < -0.39 is 28.5 Å². The summed E-state index contributed by atoms with van der Waals surface area (Å²) in [6, 6.07) is 19.7. The molecular weight excluding hydrogens is 585 g/mol. The van der Waals surface area contributed by atoms with Crippen molar-refractivity contribution in [2.75, 3.05) is 23.7 Å². The third-order valence-corrected chi connectivity index (χ3v) is 8.21. The molecule has 0 bridgehead atoms. The van der Waals surface area contributed by atoms with E-state index in [2.05, 4.69) is 5.32 Å². The summed E-state index contributed by atoms with van der Waals surface area (Å²) in [5.41, 5.74) is 0.942. The number of hydrogen-bond donors (Lipinski definition) is 1. The minimum atomic E-state index is -3.87. The van der Waals surface area contributed by atoms with Crippen LogP contribution in [0.5, 0.6) is 11.5 Å². The Kier molecular flexibility index (Phi) is 11.9. The molecule has 0 aliphatic heterocycles. The molecule has 0 aliphatic rings. The Hall–Kier alpha value is -3.27. The summed E-state index contributed by atoms with van der Waals surface area (Å²) >= 11 is 12.3. The highest BCUT2D eigenvalue weighted by Gasteiger charge is 2.31. The lowest BCUT2D eigenvalue weighted by Gasteiger charge is -2.33. The molecule has 0 aliphatic carbocycles. The number of para-hydroxylation sites is 1. The van der Waals surface area contributed by atoms with Gasteiger partial charge in [0, 0.05) is 13.1 Å². The van der Waals surface area contributed by atoms with Gasteiger partial charge in [0.05, 0.1) is 22.0 Å². The zero-order valence-electron chi connectivity index (χ0n) is 23.3. The first kappa shape index (κ1) is 32.2. The number of ether oxygens (including phenoxy) is 1. The van der Waals surface area contributed by atoms with Crippen LogP contribution >= 0.6 is 23.2 Å². The molecule has 3 aromatic carbocycles. The van der Waals surface area contributed by atoms with Crippen molar-refractivity contribution in [2.45, 2.75) is 45.7 Å². The molecule has 1 unspecified atom stereocenters. The molecule has 3 aromatic rings. The summed E-state index contributed by atoms with van der Waals surface area (Å²) < 4.78 is 32.6. The maximum Gasteiger partial charge on any atom is 0.244 e. The molecule has 0 aromatic heterocycles. The number of carbonyl (C=O) groups is 2. The Balaban J connectivity index is 1.89. The molecule has 0 heterocycles. The maximum atomic E-state index is 13.8. The molecule has 11 heteroatoms. The van der Waals surface area contributed by atoms with Crippen LogP contribution in [0.3, 0.4) is 0 Å². The van der Waals surface area contributed by atoms with E-state index in [1.165, 1.54) is 4.90 Å². The lowest BCUT2D eigenvalue weighted by molar-refractivity contribution is -0.140. The van der Waals surface area contributed by atoms with Crippen LogP contribution in [-0.4, -0.2) is 50.5 Å². The molecular formula is C30H35Cl2N3O5S. The number of nitrogens with one attached hydrogen (secondary N) is 1. The van der Waals surface area contributed by atoms with Crippen LogP contribution in [0.1, 0.15) is 38.7 Å². The molecule has 0 radical (unpaired) electrons. The average Bonchev–Trinajstić information content (AvgIpc) is 2.94. The summed E-state index contributed by atoms with van der Waals surface area (Å²) in [5.74, 6) is 0.304. The first-order chi connectivity index (χ1) is 19.5. The summed E-state index contributed by atoms with van der Waals surface area (Å²) in [5, 5.41) is 3.57. The van der Waals surface area contributed by atoms with E-state index in [9.17, 15) is 18.0 Å². The summed E-state index contributed by atoms with van der Waals surface area (Å²) in [6.07, 6.45) is 3.07. The Morgan fingerprint density at radius 1 is 0.927 bits per heavy atom. The number of amides is 2. The smallest absolute Gasteiger partial charge is 0.244 e. The van der Waals surface area contributed by atoms with Crippen molar-refractivity contribution in [3.05, 3.63) is 88.4 Å². The second-order valence-corrected chi connectivity index (χ2v) is 12.2. The van der Waals surface area contributed by atoms with Gasteiger partial charge in [-0.3, -0.25) is 13.9 Å². The molecule has 41 heavy (non-hydrogen) atoms. The number of rotatable bonds is 14. The number of hydrogen-bond acceptors (Lipinski definition) is 5. The number of unbranched alkanes of at least 4 members (excludes halogenated alkanes) is 1. The van der Waals surface area contributed by atoms with Gasteiger partial charge >= 0.3 is 0 Å². The number of nitrogens with zero attached hydrogens (tertiary/aromatic N) is 2. The van der Waals surface area contributed by atoms with Gasteiger partial charge in [-0.2, -0.15) is 0 Å². The lowest BCUT2D eigenvalue weighted by Crippen LogP contribution is -2.52. The third kappa shape index (κ3) is 9.38. The fraction of sp³-hybridized carbons (Fsp3) is 0.333. The molecule has 8 nitrogen and oxygen atoms in total. The van der Waals surface area contributed by atoms with Crippen molar-refractivity contribution in [3.63, 3.8) is 0 Å². The molecule has 0 saturated heterocycles. The number of benzene rings is 3. The van der Waals surface area contributed by atoms with E-state index >= 15 is 0 Å². The highest BCUT2D eigenvalue weighted by Crippen LogP contribution is 2.27. The van der Waals surface area contributed by atoms with Gasteiger partial charge in [0.1, 0.15) is 24.1 Å². The number of carbonyl (C=O) groups excluding carboxylic acids is 2. The standard InChI is InChI=1S/C30H35Cl2N3O5S/c1-4-6-18-33-30(37)28(5-2)34(20-22-12-17-26(31)27(32)19-22)29(36)21-35(41(3,38)39)23-13-15-25(16-14-23)40-24-10-8-7-9-11-24/h7-17,19,28H,4-6,18,20-21H2,1-3H3,(H,33,37). The highest BCUT2D eigenvalue weighted by atomic mass is 35.5. The topological polar surface area (TPSA) is 96.0 Å². The second-order valence-electron chi connectivity index (χ2n) is 9.52. The molecule has 0 spiro atoms. The van der Waals surface area contributed by atoms with Gasteiger partial charge < -0.3 is 15.0 Å². The zero-order chi connectivity index (χ0) is 30.0. The van der Waals surface area contributed by atoms with Crippen LogP contribution in [0.2, 0.25) is 10.0 Å². The van der Waals surface area contributed by atoms with Crippen LogP contribution in [0.25, 0.3) is 0 Å². The SMILES string of the molecule is CCCCNC(=O)C(CC)N(Cc1ccc(Cl)c(Cl)c1)C(=O)CN(c1ccc(Oc2ccccc2)cc1)S(C)(=O)=O. The molecule has 220 valence electrons. The van der Waals surface area contributed by atoms with Crippen LogP contribution in [-0.2, 0) is 26.2 Å². The van der Waals surface area contributed by atoms with E-state index in [0.29, 0.717) is 40.1 Å². The Morgan fingerprint density at radius 3 is 2.17 bits per heavy atom. The molecule has 0 fully saturated rings. The van der Waals surface area contributed by atoms with Gasteiger partial charge in [0.25, 0.3) is 0 Å². The van der Waals surface area contributed by atoms with Crippen LogP contribution < -0.4 is 14.4 Å². The normalized spacial score (nSPS) is 11.9. The average molecular weight is 621 g/mol. The van der Waals surface area contributed by atoms with Gasteiger partial charge in [0.15, 0.2) is 0 Å². The Morgan fingerprint density at radius 2 is 1.59 bits per heavy atom. The second kappa shape index (κ2) is 15.1. The van der Waals surface area contributed by atoms with Crippen LogP contribution in [0, 0.1) is 0 Å². The monoisotopic (exact) mass is 619 g/mol. The highest BCUT2D eigenvalue weighted by molar-refractivity contribution is 7.92. The van der Waals surface area contributed by atoms with Crippen molar-refractivity contribution < 1.29 is 22.7 Å². The van der Waals surface area contributed by atoms with Gasteiger partial charge in [-0.15, -0.1) is 0 Å². The quantitative estimate of drug-likeness (QED) is 0.214. The fourth-order valence-electron chi connectivity index (χ4n) is 4.18. The summed E-state index contributed by atoms with van der Waals surface area (Å²) in [4.78, 5) is 28.4. The van der Waals surface area contributed by atoms with Gasteiger partial charge in [-0.1, -0.05) is 67.7 Å². The fourth-order valence-corrected chi connectivity index (χ4v) is 5.35. The minimum Gasteiger partial charge on any atom is -0.457 e. The lowest BCUT2D eigenvalue weighted by atomic mass is 10.1. The first-order valence-electron chi connectivity index (χ1n) is 13.3. The van der Waals surface area contributed by atoms with E-state index in [-0.39, 0.29) is 18.1 Å². The zero-order valence-corrected chi connectivity index (χ0v) is 25.7. The number of halogens is 2. The van der Waals surface area contributed by atoms with Crippen molar-refractivity contribution in [3.8, 4) is 11.5 Å². The predicted molar refractivity (Wildman–Crippen MR) is 164 cm³/mol. The molecule has 2 amide bonds. The van der Waals surface area contributed by atoms with Crippen molar-refractivity contribution >= 4 is 50.7 Å². The molecule has 3 rings (SSSR count). The van der Waals surface area contributed by atoms with Crippen molar-refractivity contribution in [2.24, 2.45) is 0 Å². The van der Waals surface area contributed by atoms with Gasteiger partial charge in [-0.25, -0.2) is 8.42 Å². The van der Waals surface area contributed by atoms with E-state index in [1.54, 1.807) is 61.5 Å².